The molecule has 1 aromatic carbocycles. The Morgan fingerprint density at radius 1 is 1.60 bits per heavy atom. The van der Waals surface area contributed by atoms with Crippen molar-refractivity contribution in [1.82, 2.24) is 0 Å². The summed E-state index contributed by atoms with van der Waals surface area (Å²) in [6.07, 6.45) is 0. The number of hydrogen-bond donors (Lipinski definition) is 0. The molecule has 0 fully saturated rings. The molecule has 0 atom stereocenters. The normalized spacial score (nSPS) is 9.27. The van der Waals surface area contributed by atoms with Gasteiger partial charge in [-0.3, -0.25) is 0 Å². The highest BCUT2D eigenvalue weighted by Crippen LogP contribution is 2.24. The molecule has 0 aliphatic carbocycles. The fourth-order valence-electron chi connectivity index (χ4n) is 1.10. The fourth-order valence-corrected chi connectivity index (χ4v) is 1.71. The van der Waals surface area contributed by atoms with Crippen molar-refractivity contribution in [1.29, 1.82) is 0 Å². The molecule has 15 heavy (non-hydrogen) atoms. The van der Waals surface area contributed by atoms with Crippen molar-refractivity contribution in [2.24, 2.45) is 5.11 Å². The molecule has 0 aromatic heterocycles. The van der Waals surface area contributed by atoms with E-state index in [0.717, 1.165) is 9.13 Å². The first-order valence-electron chi connectivity index (χ1n) is 4.03. The van der Waals surface area contributed by atoms with Crippen LogP contribution in [0.2, 0.25) is 0 Å². The Labute approximate surface area is 100 Å². The average Bonchev–Trinajstić information content (AvgIpc) is 2.22. The number of ether oxygens (including phenoxy) is 1. The third-order valence-corrected chi connectivity index (χ3v) is 3.02. The van der Waals surface area contributed by atoms with Gasteiger partial charge in [-0.05, 0) is 52.7 Å². The third kappa shape index (κ3) is 2.60. The predicted molar refractivity (Wildman–Crippen MR) is 64.0 cm³/mol. The van der Waals surface area contributed by atoms with E-state index < -0.39 is 5.97 Å². The number of azide groups is 1. The molecule has 1 rings (SSSR count). The molecule has 0 heterocycles. The molecule has 0 radical (unpaired) electrons. The minimum atomic E-state index is -0.430. The Bertz CT molecular complexity index is 453. The van der Waals surface area contributed by atoms with Crippen LogP contribution in [0.4, 0.5) is 5.69 Å². The summed E-state index contributed by atoms with van der Waals surface area (Å²) in [5.74, 6) is -0.430. The van der Waals surface area contributed by atoms with Gasteiger partial charge in [0.05, 0.1) is 12.7 Å². The SMILES string of the molecule is COC(=O)c1cc(N=[N+]=[N-])cc(I)c1C. The second-order valence-corrected chi connectivity index (χ2v) is 3.94. The molecule has 0 amide bonds. The maximum atomic E-state index is 11.4. The van der Waals surface area contributed by atoms with Gasteiger partial charge in [0.2, 0.25) is 0 Å². The van der Waals surface area contributed by atoms with Crippen LogP contribution in [0.25, 0.3) is 10.4 Å². The van der Waals surface area contributed by atoms with Gasteiger partial charge in [-0.15, -0.1) is 0 Å². The number of methoxy groups -OCH3 is 1. The Hall–Kier alpha value is -1.27. The number of benzene rings is 1. The van der Waals surface area contributed by atoms with Gasteiger partial charge in [0, 0.05) is 14.2 Å². The monoisotopic (exact) mass is 317 g/mol. The lowest BCUT2D eigenvalue weighted by Crippen LogP contribution is -2.04. The molecule has 1 aromatic rings. The van der Waals surface area contributed by atoms with E-state index in [0.29, 0.717) is 11.3 Å². The van der Waals surface area contributed by atoms with Crippen LogP contribution in [0.15, 0.2) is 17.2 Å². The Morgan fingerprint density at radius 2 is 2.27 bits per heavy atom. The van der Waals surface area contributed by atoms with Gasteiger partial charge < -0.3 is 4.74 Å². The highest BCUT2D eigenvalue weighted by Gasteiger charge is 2.12. The first-order valence-corrected chi connectivity index (χ1v) is 5.11. The molecular formula is C9H8IN3O2. The lowest BCUT2D eigenvalue weighted by atomic mass is 10.1. The summed E-state index contributed by atoms with van der Waals surface area (Å²) in [4.78, 5) is 14.1. The van der Waals surface area contributed by atoms with E-state index >= 15 is 0 Å². The summed E-state index contributed by atoms with van der Waals surface area (Å²) >= 11 is 2.07. The molecule has 6 heteroatoms. The number of hydrogen-bond acceptors (Lipinski definition) is 3. The van der Waals surface area contributed by atoms with Gasteiger partial charge in [0.25, 0.3) is 0 Å². The lowest BCUT2D eigenvalue weighted by molar-refractivity contribution is 0.0600. The van der Waals surface area contributed by atoms with Gasteiger partial charge in [-0.1, -0.05) is 5.11 Å². The number of carbonyl (C=O) groups is 1. The van der Waals surface area contributed by atoms with Crippen molar-refractivity contribution >= 4 is 34.2 Å². The molecule has 0 unspecified atom stereocenters. The number of nitrogens with zero attached hydrogens (tertiary/aromatic N) is 3. The van der Waals surface area contributed by atoms with Crippen LogP contribution < -0.4 is 0 Å². The van der Waals surface area contributed by atoms with Gasteiger partial charge in [-0.2, -0.15) is 0 Å². The zero-order valence-corrected chi connectivity index (χ0v) is 10.3. The number of carbonyl (C=O) groups excluding carboxylic acids is 1. The van der Waals surface area contributed by atoms with Crippen LogP contribution in [0, 0.1) is 10.5 Å². The highest BCUT2D eigenvalue weighted by atomic mass is 127. The summed E-state index contributed by atoms with van der Waals surface area (Å²) in [5, 5.41) is 3.45. The van der Waals surface area contributed by atoms with Crippen LogP contribution in [0.3, 0.4) is 0 Å². The van der Waals surface area contributed by atoms with Crippen molar-refractivity contribution in [2.45, 2.75) is 6.92 Å². The summed E-state index contributed by atoms with van der Waals surface area (Å²) in [5.41, 5.74) is 9.96. The topological polar surface area (TPSA) is 75.1 Å². The molecule has 0 saturated heterocycles. The molecule has 0 spiro atoms. The Kier molecular flexibility index (Phi) is 3.93. The quantitative estimate of drug-likeness (QED) is 0.276. The maximum absolute atomic E-state index is 11.4. The summed E-state index contributed by atoms with van der Waals surface area (Å²) < 4.78 is 5.49. The smallest absolute Gasteiger partial charge is 0.338 e. The van der Waals surface area contributed by atoms with E-state index in [2.05, 4.69) is 37.4 Å². The summed E-state index contributed by atoms with van der Waals surface area (Å²) in [7, 11) is 1.31. The molecule has 0 aliphatic rings. The van der Waals surface area contributed by atoms with Crippen molar-refractivity contribution in [3.05, 3.63) is 37.3 Å². The Balaban J connectivity index is 3.37. The van der Waals surface area contributed by atoms with Crippen molar-refractivity contribution in [3.63, 3.8) is 0 Å². The minimum Gasteiger partial charge on any atom is -0.465 e. The zero-order valence-electron chi connectivity index (χ0n) is 8.19. The standard InChI is InChI=1S/C9H8IN3O2/c1-5-7(9(14)15-2)3-6(12-13-11)4-8(5)10/h3-4H,1-2H3. The number of rotatable bonds is 2. The largest absolute Gasteiger partial charge is 0.465 e. The van der Waals surface area contributed by atoms with Gasteiger partial charge in [0.1, 0.15) is 0 Å². The van der Waals surface area contributed by atoms with E-state index in [9.17, 15) is 4.79 Å². The lowest BCUT2D eigenvalue weighted by Gasteiger charge is -2.06. The first-order chi connectivity index (χ1) is 7.10. The van der Waals surface area contributed by atoms with Crippen LogP contribution in [0.1, 0.15) is 15.9 Å². The average molecular weight is 317 g/mol. The molecular weight excluding hydrogens is 309 g/mol. The van der Waals surface area contributed by atoms with Crippen molar-refractivity contribution in [2.75, 3.05) is 7.11 Å². The predicted octanol–water partition coefficient (Wildman–Crippen LogP) is 3.33. The van der Waals surface area contributed by atoms with Gasteiger partial charge in [-0.25, -0.2) is 4.79 Å². The second kappa shape index (κ2) is 4.99. The van der Waals surface area contributed by atoms with E-state index in [-0.39, 0.29) is 0 Å². The van der Waals surface area contributed by atoms with Crippen LogP contribution in [-0.2, 0) is 4.74 Å². The number of halogens is 1. The first kappa shape index (κ1) is 11.8. The van der Waals surface area contributed by atoms with Crippen molar-refractivity contribution in [3.8, 4) is 0 Å². The second-order valence-electron chi connectivity index (χ2n) is 2.78. The highest BCUT2D eigenvalue weighted by molar-refractivity contribution is 14.1. The van der Waals surface area contributed by atoms with E-state index in [4.69, 9.17) is 5.53 Å². The van der Waals surface area contributed by atoms with Crippen LogP contribution in [0.5, 0.6) is 0 Å². The zero-order chi connectivity index (χ0) is 11.4. The molecule has 0 bridgehead atoms. The van der Waals surface area contributed by atoms with Gasteiger partial charge >= 0.3 is 5.97 Å². The maximum Gasteiger partial charge on any atom is 0.338 e. The third-order valence-electron chi connectivity index (χ3n) is 1.89. The summed E-state index contributed by atoms with van der Waals surface area (Å²) in [6, 6.07) is 3.23. The summed E-state index contributed by atoms with van der Waals surface area (Å²) in [6.45, 7) is 1.81. The van der Waals surface area contributed by atoms with E-state index in [1.54, 1.807) is 6.07 Å². The molecule has 0 saturated carbocycles. The molecule has 0 N–H and O–H groups in total. The minimum absolute atomic E-state index is 0.410. The molecule has 78 valence electrons. The van der Waals surface area contributed by atoms with E-state index in [1.165, 1.54) is 13.2 Å². The molecule has 0 aliphatic heterocycles. The molecule has 5 nitrogen and oxygen atoms in total. The van der Waals surface area contributed by atoms with E-state index in [1.807, 2.05) is 6.92 Å². The van der Waals surface area contributed by atoms with Crippen LogP contribution >= 0.6 is 22.6 Å². The Morgan fingerprint density at radius 3 is 2.80 bits per heavy atom. The van der Waals surface area contributed by atoms with Crippen LogP contribution in [-0.4, -0.2) is 13.1 Å². The number of esters is 1. The van der Waals surface area contributed by atoms with Gasteiger partial charge in [0.15, 0.2) is 0 Å². The van der Waals surface area contributed by atoms with Crippen molar-refractivity contribution < 1.29 is 9.53 Å². The fraction of sp³-hybridized carbons (Fsp3) is 0.222.